The Kier molecular flexibility index (Phi) is 5.09. The molecule has 1 fully saturated rings. The van der Waals surface area contributed by atoms with Gasteiger partial charge in [0.05, 0.1) is 6.54 Å². The van der Waals surface area contributed by atoms with Crippen LogP contribution in [-0.2, 0) is 4.79 Å². The van der Waals surface area contributed by atoms with Crippen LogP contribution >= 0.6 is 0 Å². The Morgan fingerprint density at radius 2 is 1.95 bits per heavy atom. The SMILES string of the molecule is CCCNCC(=O)N1CCN(c2ncccn2)CC1. The number of piperazine rings is 1. The van der Waals surface area contributed by atoms with Gasteiger partial charge < -0.3 is 15.1 Å². The van der Waals surface area contributed by atoms with Crippen molar-refractivity contribution >= 4 is 11.9 Å². The Morgan fingerprint density at radius 3 is 2.58 bits per heavy atom. The van der Waals surface area contributed by atoms with Gasteiger partial charge in [-0.15, -0.1) is 0 Å². The van der Waals surface area contributed by atoms with E-state index in [2.05, 4.69) is 27.1 Å². The van der Waals surface area contributed by atoms with E-state index in [-0.39, 0.29) is 5.91 Å². The summed E-state index contributed by atoms with van der Waals surface area (Å²) in [6.45, 7) is 6.50. The van der Waals surface area contributed by atoms with Gasteiger partial charge in [-0.3, -0.25) is 4.79 Å². The van der Waals surface area contributed by atoms with Gasteiger partial charge in [-0.25, -0.2) is 9.97 Å². The quantitative estimate of drug-likeness (QED) is 0.765. The van der Waals surface area contributed by atoms with Crippen molar-refractivity contribution in [3.63, 3.8) is 0 Å². The van der Waals surface area contributed by atoms with Gasteiger partial charge in [0.1, 0.15) is 0 Å². The summed E-state index contributed by atoms with van der Waals surface area (Å²) in [5.41, 5.74) is 0. The maximum Gasteiger partial charge on any atom is 0.236 e. The van der Waals surface area contributed by atoms with E-state index < -0.39 is 0 Å². The molecule has 1 N–H and O–H groups in total. The predicted octanol–water partition coefficient (Wildman–Crippen LogP) is 0.125. The topological polar surface area (TPSA) is 61.4 Å². The molecule has 1 saturated heterocycles. The van der Waals surface area contributed by atoms with Crippen LogP contribution in [0.5, 0.6) is 0 Å². The first-order chi connectivity index (χ1) is 9.31. The second-order valence-corrected chi connectivity index (χ2v) is 4.59. The molecule has 0 spiro atoms. The zero-order valence-electron chi connectivity index (χ0n) is 11.4. The Balaban J connectivity index is 1.77. The van der Waals surface area contributed by atoms with Crippen molar-refractivity contribution in [1.82, 2.24) is 20.2 Å². The number of amides is 1. The molecule has 1 aromatic heterocycles. The molecule has 104 valence electrons. The molecule has 0 saturated carbocycles. The summed E-state index contributed by atoms with van der Waals surface area (Å²) in [5.74, 6) is 0.931. The number of aromatic nitrogens is 2. The highest BCUT2D eigenvalue weighted by atomic mass is 16.2. The van der Waals surface area contributed by atoms with Crippen LogP contribution in [-0.4, -0.2) is 60.0 Å². The molecular weight excluding hydrogens is 242 g/mol. The smallest absolute Gasteiger partial charge is 0.236 e. The van der Waals surface area contributed by atoms with Crippen LogP contribution in [0.3, 0.4) is 0 Å². The molecule has 2 heterocycles. The van der Waals surface area contributed by atoms with E-state index in [0.29, 0.717) is 6.54 Å². The van der Waals surface area contributed by atoms with Crippen LogP contribution in [0.1, 0.15) is 13.3 Å². The van der Waals surface area contributed by atoms with Gasteiger partial charge in [-0.1, -0.05) is 6.92 Å². The number of nitrogens with zero attached hydrogens (tertiary/aromatic N) is 4. The zero-order chi connectivity index (χ0) is 13.5. The number of hydrogen-bond acceptors (Lipinski definition) is 5. The van der Waals surface area contributed by atoms with Crippen molar-refractivity contribution in [2.75, 3.05) is 44.2 Å². The average molecular weight is 263 g/mol. The van der Waals surface area contributed by atoms with E-state index in [1.807, 2.05) is 11.0 Å². The fourth-order valence-electron chi connectivity index (χ4n) is 2.09. The van der Waals surface area contributed by atoms with E-state index in [1.54, 1.807) is 12.4 Å². The van der Waals surface area contributed by atoms with Crippen molar-refractivity contribution in [1.29, 1.82) is 0 Å². The third-order valence-corrected chi connectivity index (χ3v) is 3.17. The maximum atomic E-state index is 11.9. The molecule has 1 aromatic rings. The standard InChI is InChI=1S/C13H21N5O/c1-2-4-14-11-12(19)17-7-9-18(10-8-17)13-15-5-3-6-16-13/h3,5-6,14H,2,4,7-11H2,1H3. The molecule has 0 aromatic carbocycles. The first-order valence-corrected chi connectivity index (χ1v) is 6.81. The molecule has 0 atom stereocenters. The molecule has 2 rings (SSSR count). The van der Waals surface area contributed by atoms with E-state index >= 15 is 0 Å². The lowest BCUT2D eigenvalue weighted by Gasteiger charge is -2.34. The van der Waals surface area contributed by atoms with E-state index in [0.717, 1.165) is 45.1 Å². The third kappa shape index (κ3) is 3.89. The lowest BCUT2D eigenvalue weighted by molar-refractivity contribution is -0.130. The number of carbonyl (C=O) groups is 1. The molecule has 6 nitrogen and oxygen atoms in total. The molecular formula is C13H21N5O. The predicted molar refractivity (Wildman–Crippen MR) is 74.0 cm³/mol. The summed E-state index contributed by atoms with van der Waals surface area (Å²) in [6.07, 6.45) is 4.54. The number of nitrogens with one attached hydrogen (secondary N) is 1. The van der Waals surface area contributed by atoms with Gasteiger partial charge in [0, 0.05) is 38.6 Å². The van der Waals surface area contributed by atoms with Gasteiger partial charge in [0.2, 0.25) is 11.9 Å². The van der Waals surface area contributed by atoms with Crippen molar-refractivity contribution in [2.45, 2.75) is 13.3 Å². The summed E-state index contributed by atoms with van der Waals surface area (Å²) in [4.78, 5) is 24.4. The van der Waals surface area contributed by atoms with Gasteiger partial charge in [0.15, 0.2) is 0 Å². The van der Waals surface area contributed by atoms with Crippen LogP contribution in [0, 0.1) is 0 Å². The molecule has 0 radical (unpaired) electrons. The van der Waals surface area contributed by atoms with Crippen molar-refractivity contribution in [3.8, 4) is 0 Å². The summed E-state index contributed by atoms with van der Waals surface area (Å²) in [7, 11) is 0. The minimum Gasteiger partial charge on any atom is -0.338 e. The lowest BCUT2D eigenvalue weighted by atomic mass is 10.3. The number of rotatable bonds is 5. The van der Waals surface area contributed by atoms with Crippen LogP contribution in [0.15, 0.2) is 18.5 Å². The van der Waals surface area contributed by atoms with E-state index in [1.165, 1.54) is 0 Å². The van der Waals surface area contributed by atoms with Crippen LogP contribution in [0.2, 0.25) is 0 Å². The van der Waals surface area contributed by atoms with Gasteiger partial charge in [0.25, 0.3) is 0 Å². The summed E-state index contributed by atoms with van der Waals surface area (Å²) in [6, 6.07) is 1.81. The first-order valence-electron chi connectivity index (χ1n) is 6.81. The van der Waals surface area contributed by atoms with Crippen molar-refractivity contribution in [2.24, 2.45) is 0 Å². The van der Waals surface area contributed by atoms with Crippen LogP contribution < -0.4 is 10.2 Å². The third-order valence-electron chi connectivity index (χ3n) is 3.17. The zero-order valence-corrected chi connectivity index (χ0v) is 11.4. The molecule has 0 bridgehead atoms. The molecule has 6 heteroatoms. The summed E-state index contributed by atoms with van der Waals surface area (Å²) in [5, 5.41) is 3.15. The highest BCUT2D eigenvalue weighted by Gasteiger charge is 2.21. The normalized spacial score (nSPS) is 15.6. The minimum absolute atomic E-state index is 0.182. The monoisotopic (exact) mass is 263 g/mol. The Morgan fingerprint density at radius 1 is 1.26 bits per heavy atom. The van der Waals surface area contributed by atoms with Crippen molar-refractivity contribution in [3.05, 3.63) is 18.5 Å². The van der Waals surface area contributed by atoms with Crippen LogP contribution in [0.4, 0.5) is 5.95 Å². The second-order valence-electron chi connectivity index (χ2n) is 4.59. The lowest BCUT2D eigenvalue weighted by Crippen LogP contribution is -2.51. The largest absolute Gasteiger partial charge is 0.338 e. The fourth-order valence-corrected chi connectivity index (χ4v) is 2.09. The summed E-state index contributed by atoms with van der Waals surface area (Å²) < 4.78 is 0. The maximum absolute atomic E-state index is 11.9. The molecule has 0 unspecified atom stereocenters. The highest BCUT2D eigenvalue weighted by Crippen LogP contribution is 2.09. The van der Waals surface area contributed by atoms with Gasteiger partial charge in [-0.2, -0.15) is 0 Å². The van der Waals surface area contributed by atoms with Crippen LogP contribution in [0.25, 0.3) is 0 Å². The molecule has 0 aliphatic carbocycles. The number of anilines is 1. The average Bonchev–Trinajstić information content (AvgIpc) is 2.48. The minimum atomic E-state index is 0.182. The van der Waals surface area contributed by atoms with E-state index in [4.69, 9.17) is 0 Å². The highest BCUT2D eigenvalue weighted by molar-refractivity contribution is 5.78. The Hall–Kier alpha value is -1.69. The van der Waals surface area contributed by atoms with Gasteiger partial charge in [-0.05, 0) is 19.0 Å². The number of carbonyl (C=O) groups excluding carboxylic acids is 1. The Bertz CT molecular complexity index is 389. The first kappa shape index (κ1) is 13.7. The molecule has 1 aliphatic heterocycles. The Labute approximate surface area is 113 Å². The molecule has 19 heavy (non-hydrogen) atoms. The number of hydrogen-bond donors (Lipinski definition) is 1. The second kappa shape index (κ2) is 7.04. The molecule has 1 amide bonds. The van der Waals surface area contributed by atoms with E-state index in [9.17, 15) is 4.79 Å². The summed E-state index contributed by atoms with van der Waals surface area (Å²) >= 11 is 0. The van der Waals surface area contributed by atoms with Crippen molar-refractivity contribution < 1.29 is 4.79 Å². The van der Waals surface area contributed by atoms with Gasteiger partial charge >= 0.3 is 0 Å². The fraction of sp³-hybridized carbons (Fsp3) is 0.615. The molecule has 1 aliphatic rings.